The molecule has 148 valence electrons. The van der Waals surface area contributed by atoms with Crippen LogP contribution in [0.3, 0.4) is 0 Å². The molecule has 1 unspecified atom stereocenters. The summed E-state index contributed by atoms with van der Waals surface area (Å²) in [6, 6.07) is 7.71. The summed E-state index contributed by atoms with van der Waals surface area (Å²) < 4.78 is 0. The summed E-state index contributed by atoms with van der Waals surface area (Å²) in [5, 5.41) is 4.30. The van der Waals surface area contributed by atoms with Crippen LogP contribution < -0.4 is 10.3 Å². The fraction of sp³-hybridized carbons (Fsp3) is 0.409. The van der Waals surface area contributed by atoms with Crippen LogP contribution in [0.1, 0.15) is 67.1 Å². The van der Waals surface area contributed by atoms with Crippen LogP contribution in [-0.2, 0) is 0 Å². The predicted molar refractivity (Wildman–Crippen MR) is 116 cm³/mol. The number of hydrazone groups is 1. The van der Waals surface area contributed by atoms with E-state index < -0.39 is 0 Å². The molecule has 1 aliphatic heterocycles. The third-order valence-corrected chi connectivity index (χ3v) is 5.76. The monoisotopic (exact) mass is 398 g/mol. The van der Waals surface area contributed by atoms with Crippen LogP contribution in [0.4, 0.5) is 5.69 Å². The summed E-state index contributed by atoms with van der Waals surface area (Å²) in [5.41, 5.74) is 7.73. The van der Waals surface area contributed by atoms with Crippen molar-refractivity contribution >= 4 is 29.4 Å². The van der Waals surface area contributed by atoms with E-state index in [2.05, 4.69) is 67.2 Å². The third kappa shape index (κ3) is 3.90. The van der Waals surface area contributed by atoms with Gasteiger partial charge in [0.15, 0.2) is 0 Å². The van der Waals surface area contributed by atoms with Crippen LogP contribution in [0.25, 0.3) is 0 Å². The SMILES string of the molecule is CCN1c2cc(C)c(/C=N\NC(=O)c3cccnc3Cl)cc2C(C)CC1(C)C. The van der Waals surface area contributed by atoms with E-state index in [0.717, 1.165) is 24.1 Å². The molecule has 1 amide bonds. The molecule has 3 rings (SSSR count). The maximum atomic E-state index is 12.2. The summed E-state index contributed by atoms with van der Waals surface area (Å²) in [5.74, 6) is 0.0848. The van der Waals surface area contributed by atoms with Crippen LogP contribution in [0.5, 0.6) is 0 Å². The van der Waals surface area contributed by atoms with Crippen molar-refractivity contribution in [1.82, 2.24) is 10.4 Å². The van der Waals surface area contributed by atoms with Gasteiger partial charge in [-0.1, -0.05) is 18.5 Å². The molecule has 1 aromatic heterocycles. The van der Waals surface area contributed by atoms with Crippen molar-refractivity contribution in [1.29, 1.82) is 0 Å². The zero-order chi connectivity index (χ0) is 20.5. The summed E-state index contributed by atoms with van der Waals surface area (Å²) in [7, 11) is 0. The average molecular weight is 399 g/mol. The predicted octanol–water partition coefficient (Wildman–Crippen LogP) is 4.92. The number of nitrogens with one attached hydrogen (secondary N) is 1. The number of aryl methyl sites for hydroxylation is 1. The largest absolute Gasteiger partial charge is 0.366 e. The van der Waals surface area contributed by atoms with Crippen LogP contribution in [0.15, 0.2) is 35.6 Å². The second-order valence-corrected chi connectivity index (χ2v) is 8.33. The molecule has 0 fully saturated rings. The van der Waals surface area contributed by atoms with Gasteiger partial charge in [0.1, 0.15) is 5.15 Å². The van der Waals surface area contributed by atoms with Crippen molar-refractivity contribution < 1.29 is 4.79 Å². The average Bonchev–Trinajstić information content (AvgIpc) is 2.62. The lowest BCUT2D eigenvalue weighted by molar-refractivity contribution is 0.0955. The first kappa shape index (κ1) is 20.3. The molecule has 0 radical (unpaired) electrons. The summed E-state index contributed by atoms with van der Waals surface area (Å²) in [6.45, 7) is 12.1. The number of halogens is 1. The molecular weight excluding hydrogens is 372 g/mol. The van der Waals surface area contributed by atoms with Gasteiger partial charge in [0.2, 0.25) is 0 Å². The van der Waals surface area contributed by atoms with Gasteiger partial charge in [-0.05, 0) is 81.0 Å². The Labute approximate surface area is 171 Å². The molecule has 1 N–H and O–H groups in total. The summed E-state index contributed by atoms with van der Waals surface area (Å²) in [4.78, 5) is 18.6. The zero-order valence-corrected chi connectivity index (χ0v) is 17.8. The highest BCUT2D eigenvalue weighted by atomic mass is 35.5. The quantitative estimate of drug-likeness (QED) is 0.451. The van der Waals surface area contributed by atoms with Gasteiger partial charge in [-0.15, -0.1) is 0 Å². The van der Waals surface area contributed by atoms with Crippen molar-refractivity contribution in [2.24, 2.45) is 5.10 Å². The molecular formula is C22H27ClN4O. The highest BCUT2D eigenvalue weighted by Gasteiger charge is 2.35. The molecule has 5 nitrogen and oxygen atoms in total. The number of hydrogen-bond donors (Lipinski definition) is 1. The number of carbonyl (C=O) groups excluding carboxylic acids is 1. The number of hydrogen-bond acceptors (Lipinski definition) is 4. The Morgan fingerprint density at radius 2 is 2.21 bits per heavy atom. The molecule has 6 heteroatoms. The Balaban J connectivity index is 1.84. The lowest BCUT2D eigenvalue weighted by Gasteiger charge is -2.47. The van der Waals surface area contributed by atoms with E-state index in [4.69, 9.17) is 11.6 Å². The molecule has 1 aromatic carbocycles. The number of fused-ring (bicyclic) bond motifs is 1. The number of aromatic nitrogens is 1. The number of anilines is 1. The zero-order valence-electron chi connectivity index (χ0n) is 17.1. The Morgan fingerprint density at radius 3 is 2.89 bits per heavy atom. The van der Waals surface area contributed by atoms with Crippen molar-refractivity contribution in [2.45, 2.75) is 52.5 Å². The highest BCUT2D eigenvalue weighted by molar-refractivity contribution is 6.32. The maximum Gasteiger partial charge on any atom is 0.274 e. The molecule has 1 aliphatic rings. The van der Waals surface area contributed by atoms with E-state index in [9.17, 15) is 4.79 Å². The molecule has 0 saturated carbocycles. The van der Waals surface area contributed by atoms with Crippen molar-refractivity contribution in [3.05, 3.63) is 57.9 Å². The van der Waals surface area contributed by atoms with Gasteiger partial charge >= 0.3 is 0 Å². The smallest absolute Gasteiger partial charge is 0.274 e. The van der Waals surface area contributed by atoms with Gasteiger partial charge in [-0.3, -0.25) is 4.79 Å². The van der Waals surface area contributed by atoms with Crippen LogP contribution in [-0.4, -0.2) is 29.2 Å². The summed E-state index contributed by atoms with van der Waals surface area (Å²) in [6.07, 6.45) is 4.34. The van der Waals surface area contributed by atoms with Gasteiger partial charge in [0, 0.05) is 24.0 Å². The van der Waals surface area contributed by atoms with E-state index in [-0.39, 0.29) is 16.6 Å². The minimum Gasteiger partial charge on any atom is -0.366 e. The molecule has 0 spiro atoms. The fourth-order valence-corrected chi connectivity index (χ4v) is 4.37. The minimum atomic E-state index is -0.378. The van der Waals surface area contributed by atoms with E-state index in [0.29, 0.717) is 11.5 Å². The molecule has 28 heavy (non-hydrogen) atoms. The van der Waals surface area contributed by atoms with E-state index in [1.165, 1.54) is 11.3 Å². The van der Waals surface area contributed by atoms with Gasteiger partial charge in [-0.25, -0.2) is 10.4 Å². The minimum absolute atomic E-state index is 0.139. The normalized spacial score (nSPS) is 18.2. The second-order valence-electron chi connectivity index (χ2n) is 7.97. The fourth-order valence-electron chi connectivity index (χ4n) is 4.16. The van der Waals surface area contributed by atoms with Crippen molar-refractivity contribution in [2.75, 3.05) is 11.4 Å². The third-order valence-electron chi connectivity index (χ3n) is 5.46. The van der Waals surface area contributed by atoms with E-state index in [1.807, 2.05) is 0 Å². The Bertz CT molecular complexity index is 923. The Morgan fingerprint density at radius 1 is 1.46 bits per heavy atom. The number of pyridine rings is 1. The number of benzene rings is 1. The molecule has 2 aromatic rings. The number of nitrogens with zero attached hydrogens (tertiary/aromatic N) is 3. The molecule has 1 atom stereocenters. The second kappa shape index (κ2) is 7.92. The first-order valence-corrected chi connectivity index (χ1v) is 9.98. The van der Waals surface area contributed by atoms with Gasteiger partial charge in [0.25, 0.3) is 5.91 Å². The molecule has 0 aliphatic carbocycles. The Hall–Kier alpha value is -2.40. The first-order valence-electron chi connectivity index (χ1n) is 9.60. The molecule has 2 heterocycles. The van der Waals surface area contributed by atoms with Crippen molar-refractivity contribution in [3.8, 4) is 0 Å². The molecule has 0 bridgehead atoms. The molecule has 0 saturated heterocycles. The maximum absolute atomic E-state index is 12.2. The number of carbonyl (C=O) groups is 1. The van der Waals surface area contributed by atoms with Crippen molar-refractivity contribution in [3.63, 3.8) is 0 Å². The highest BCUT2D eigenvalue weighted by Crippen LogP contribution is 2.43. The number of rotatable bonds is 4. The Kier molecular flexibility index (Phi) is 5.75. The van der Waals surface area contributed by atoms with E-state index in [1.54, 1.807) is 24.5 Å². The van der Waals surface area contributed by atoms with Crippen LogP contribution in [0, 0.1) is 6.92 Å². The van der Waals surface area contributed by atoms with E-state index >= 15 is 0 Å². The topological polar surface area (TPSA) is 57.6 Å². The van der Waals surface area contributed by atoms with Gasteiger partial charge < -0.3 is 4.90 Å². The lowest BCUT2D eigenvalue weighted by atomic mass is 9.79. The van der Waals surface area contributed by atoms with Crippen LogP contribution >= 0.6 is 11.6 Å². The summed E-state index contributed by atoms with van der Waals surface area (Å²) >= 11 is 5.96. The number of amides is 1. The first-order chi connectivity index (χ1) is 13.2. The lowest BCUT2D eigenvalue weighted by Crippen LogP contribution is -2.48. The van der Waals surface area contributed by atoms with Crippen LogP contribution in [0.2, 0.25) is 5.15 Å². The standard InChI is InChI=1S/C22H27ClN4O/c1-6-27-19-10-14(2)16(11-18(19)15(3)12-22(27,4)5)13-25-26-21(28)17-8-7-9-24-20(17)23/h7-11,13,15H,6,12H2,1-5H3,(H,26,28)/b25-13-. The van der Waals surface area contributed by atoms with Gasteiger partial charge in [0.05, 0.1) is 11.8 Å². The van der Waals surface area contributed by atoms with Gasteiger partial charge in [-0.2, -0.15) is 5.10 Å².